The van der Waals surface area contributed by atoms with E-state index in [4.69, 9.17) is 16.3 Å². The summed E-state index contributed by atoms with van der Waals surface area (Å²) >= 11 is 5.75. The Balaban J connectivity index is 2.17. The number of aromatic nitrogens is 3. The molecule has 2 rings (SSSR count). The Morgan fingerprint density at radius 1 is 1.48 bits per heavy atom. The van der Waals surface area contributed by atoms with Gasteiger partial charge >= 0.3 is 6.01 Å². The van der Waals surface area contributed by atoms with Crippen molar-refractivity contribution < 1.29 is 9.13 Å². The highest BCUT2D eigenvalue weighted by molar-refractivity contribution is 6.30. The Bertz CT molecular complexity index is 654. The molecule has 0 aliphatic rings. The van der Waals surface area contributed by atoms with Crippen molar-refractivity contribution in [1.82, 2.24) is 14.8 Å². The molecule has 0 N–H and O–H groups in total. The van der Waals surface area contributed by atoms with Crippen LogP contribution < -0.4 is 4.74 Å². The molecule has 6 heteroatoms. The smallest absolute Gasteiger partial charge is 0.336 e. The van der Waals surface area contributed by atoms with Crippen LogP contribution in [0.3, 0.4) is 0 Å². The van der Waals surface area contributed by atoms with Gasteiger partial charge in [0.2, 0.25) is 0 Å². The van der Waals surface area contributed by atoms with E-state index in [0.29, 0.717) is 23.0 Å². The predicted molar refractivity (Wildman–Crippen MR) is 81.0 cm³/mol. The first-order valence-electron chi connectivity index (χ1n) is 6.67. The summed E-state index contributed by atoms with van der Waals surface area (Å²) in [6.45, 7) is 6.35. The lowest BCUT2D eigenvalue weighted by atomic mass is 10.2. The van der Waals surface area contributed by atoms with Crippen LogP contribution >= 0.6 is 11.6 Å². The Morgan fingerprint density at radius 2 is 2.24 bits per heavy atom. The molecule has 1 aromatic carbocycles. The molecule has 0 saturated carbocycles. The minimum atomic E-state index is -0.444. The maximum Gasteiger partial charge on any atom is 0.336 e. The van der Waals surface area contributed by atoms with Crippen LogP contribution in [0, 0.1) is 5.82 Å². The molecule has 112 valence electrons. The van der Waals surface area contributed by atoms with Crippen molar-refractivity contribution in [2.24, 2.45) is 7.05 Å². The summed E-state index contributed by atoms with van der Waals surface area (Å²) in [5.41, 5.74) is 1.31. The van der Waals surface area contributed by atoms with Crippen molar-refractivity contribution in [3.8, 4) is 17.4 Å². The third kappa shape index (κ3) is 3.82. The van der Waals surface area contributed by atoms with Crippen molar-refractivity contribution >= 4 is 11.6 Å². The first kappa shape index (κ1) is 15.5. The van der Waals surface area contributed by atoms with Crippen LogP contribution in [-0.4, -0.2) is 21.4 Å². The zero-order valence-corrected chi connectivity index (χ0v) is 12.8. The van der Waals surface area contributed by atoms with Crippen LogP contribution in [-0.2, 0) is 7.05 Å². The second-order valence-corrected chi connectivity index (χ2v) is 5.19. The molecule has 0 radical (unpaired) electrons. The monoisotopic (exact) mass is 309 g/mol. The fourth-order valence-corrected chi connectivity index (χ4v) is 2.08. The van der Waals surface area contributed by atoms with E-state index in [1.165, 1.54) is 10.7 Å². The molecule has 1 aromatic heterocycles. The molecule has 0 amide bonds. The molecule has 0 atom stereocenters. The van der Waals surface area contributed by atoms with E-state index in [-0.39, 0.29) is 6.01 Å². The zero-order chi connectivity index (χ0) is 15.4. The fraction of sp³-hybridized carbons (Fsp3) is 0.333. The Hall–Kier alpha value is -1.88. The van der Waals surface area contributed by atoms with E-state index >= 15 is 0 Å². The molecule has 4 nitrogen and oxygen atoms in total. The van der Waals surface area contributed by atoms with Crippen LogP contribution in [0.1, 0.15) is 19.8 Å². The van der Waals surface area contributed by atoms with Gasteiger partial charge in [0.05, 0.1) is 5.56 Å². The maximum atomic E-state index is 13.9. The SMILES string of the molecule is C=C(CCC)COc1nc(-c2ccc(Cl)cc2F)n(C)n1. The molecular formula is C15H17ClFN3O. The summed E-state index contributed by atoms with van der Waals surface area (Å²) in [6.07, 6.45) is 1.91. The van der Waals surface area contributed by atoms with Crippen LogP contribution in [0.25, 0.3) is 11.4 Å². The molecular weight excluding hydrogens is 293 g/mol. The summed E-state index contributed by atoms with van der Waals surface area (Å²) in [7, 11) is 1.68. The van der Waals surface area contributed by atoms with E-state index in [2.05, 4.69) is 23.6 Å². The molecule has 0 saturated heterocycles. The van der Waals surface area contributed by atoms with Gasteiger partial charge in [-0.15, -0.1) is 5.10 Å². The number of hydrogen-bond donors (Lipinski definition) is 0. The van der Waals surface area contributed by atoms with Gasteiger partial charge in [0, 0.05) is 12.1 Å². The minimum Gasteiger partial charge on any atom is -0.458 e. The van der Waals surface area contributed by atoms with E-state index in [0.717, 1.165) is 18.4 Å². The predicted octanol–water partition coefficient (Wildman–Crippen LogP) is 4.01. The van der Waals surface area contributed by atoms with Gasteiger partial charge in [-0.1, -0.05) is 31.5 Å². The number of nitrogens with zero attached hydrogens (tertiary/aromatic N) is 3. The van der Waals surface area contributed by atoms with Crippen molar-refractivity contribution in [3.63, 3.8) is 0 Å². The summed E-state index contributed by atoms with van der Waals surface area (Å²) in [4.78, 5) is 4.21. The molecule has 0 fully saturated rings. The molecule has 0 unspecified atom stereocenters. The van der Waals surface area contributed by atoms with Crippen LogP contribution in [0.15, 0.2) is 30.4 Å². The highest BCUT2D eigenvalue weighted by Gasteiger charge is 2.14. The van der Waals surface area contributed by atoms with Gasteiger partial charge in [-0.05, 0) is 30.2 Å². The number of halogens is 2. The van der Waals surface area contributed by atoms with Gasteiger partial charge in [0.15, 0.2) is 5.82 Å². The highest BCUT2D eigenvalue weighted by atomic mass is 35.5. The van der Waals surface area contributed by atoms with E-state index in [9.17, 15) is 4.39 Å². The lowest BCUT2D eigenvalue weighted by molar-refractivity contribution is 0.318. The summed E-state index contributed by atoms with van der Waals surface area (Å²) in [5.74, 6) is -0.0554. The number of benzene rings is 1. The molecule has 21 heavy (non-hydrogen) atoms. The number of aryl methyl sites for hydroxylation is 1. The zero-order valence-electron chi connectivity index (χ0n) is 12.1. The number of hydrogen-bond acceptors (Lipinski definition) is 3. The lowest BCUT2D eigenvalue weighted by Gasteiger charge is -2.03. The third-order valence-electron chi connectivity index (χ3n) is 2.92. The quantitative estimate of drug-likeness (QED) is 0.757. The first-order chi connectivity index (χ1) is 10.0. The molecule has 0 spiro atoms. The van der Waals surface area contributed by atoms with E-state index < -0.39 is 5.82 Å². The third-order valence-corrected chi connectivity index (χ3v) is 3.16. The summed E-state index contributed by atoms with van der Waals surface area (Å²) in [5, 5.41) is 4.46. The van der Waals surface area contributed by atoms with Gasteiger partial charge in [0.25, 0.3) is 0 Å². The molecule has 2 aromatic rings. The number of rotatable bonds is 6. The van der Waals surface area contributed by atoms with E-state index in [1.54, 1.807) is 19.2 Å². The van der Waals surface area contributed by atoms with Gasteiger partial charge in [-0.25, -0.2) is 9.07 Å². The summed E-state index contributed by atoms with van der Waals surface area (Å²) in [6, 6.07) is 4.63. The largest absolute Gasteiger partial charge is 0.458 e. The Kier molecular flexibility index (Phi) is 4.96. The van der Waals surface area contributed by atoms with Gasteiger partial charge in [-0.3, -0.25) is 0 Å². The number of ether oxygens (including phenoxy) is 1. The second-order valence-electron chi connectivity index (χ2n) is 4.75. The van der Waals surface area contributed by atoms with Crippen LogP contribution in [0.5, 0.6) is 6.01 Å². The molecule has 1 heterocycles. The van der Waals surface area contributed by atoms with Crippen LogP contribution in [0.2, 0.25) is 5.02 Å². The Morgan fingerprint density at radius 3 is 2.90 bits per heavy atom. The lowest BCUT2D eigenvalue weighted by Crippen LogP contribution is -2.01. The Labute approximate surface area is 128 Å². The molecule has 0 aliphatic heterocycles. The normalized spacial score (nSPS) is 10.7. The maximum absolute atomic E-state index is 13.9. The fourth-order valence-electron chi connectivity index (χ4n) is 1.92. The minimum absolute atomic E-state index is 0.208. The first-order valence-corrected chi connectivity index (χ1v) is 7.05. The second kappa shape index (κ2) is 6.72. The van der Waals surface area contributed by atoms with E-state index in [1.807, 2.05) is 0 Å². The molecule has 0 bridgehead atoms. The van der Waals surface area contributed by atoms with Crippen molar-refractivity contribution in [3.05, 3.63) is 41.2 Å². The topological polar surface area (TPSA) is 39.9 Å². The van der Waals surface area contributed by atoms with Crippen molar-refractivity contribution in [2.45, 2.75) is 19.8 Å². The van der Waals surface area contributed by atoms with Gasteiger partial charge in [-0.2, -0.15) is 4.98 Å². The van der Waals surface area contributed by atoms with Crippen molar-refractivity contribution in [1.29, 1.82) is 0 Å². The standard InChI is InChI=1S/C15H17ClFN3O/c1-4-5-10(2)9-21-15-18-14(20(3)19-15)12-7-6-11(16)8-13(12)17/h6-8H,2,4-5,9H2,1,3H3. The summed E-state index contributed by atoms with van der Waals surface area (Å²) < 4.78 is 20.9. The average Bonchev–Trinajstić information content (AvgIpc) is 2.78. The highest BCUT2D eigenvalue weighted by Crippen LogP contribution is 2.25. The van der Waals surface area contributed by atoms with Gasteiger partial charge < -0.3 is 4.74 Å². The van der Waals surface area contributed by atoms with Crippen molar-refractivity contribution in [2.75, 3.05) is 6.61 Å². The van der Waals surface area contributed by atoms with Crippen LogP contribution in [0.4, 0.5) is 4.39 Å². The molecule has 0 aliphatic carbocycles. The van der Waals surface area contributed by atoms with Gasteiger partial charge in [0.1, 0.15) is 12.4 Å². The average molecular weight is 310 g/mol.